The number of carbonyl (C=O) groups excluding carboxylic acids is 1. The molecule has 4 nitrogen and oxygen atoms in total. The number of nitrogens with one attached hydrogen (secondary N) is 1. The molecule has 1 aromatic carbocycles. The van der Waals surface area contributed by atoms with E-state index in [-0.39, 0.29) is 12.1 Å². The van der Waals surface area contributed by atoms with Crippen molar-refractivity contribution in [3.8, 4) is 0 Å². The minimum absolute atomic E-state index is 0.0484. The fourth-order valence-corrected chi connectivity index (χ4v) is 2.52. The third kappa shape index (κ3) is 4.25. The largest absolute Gasteiger partial charge is 0.368 e. The first kappa shape index (κ1) is 15.4. The molecule has 0 aliphatic carbocycles. The Morgan fingerprint density at radius 2 is 1.95 bits per heavy atom. The van der Waals surface area contributed by atoms with Crippen molar-refractivity contribution >= 4 is 17.8 Å². The summed E-state index contributed by atoms with van der Waals surface area (Å²) < 4.78 is 0. The van der Waals surface area contributed by atoms with E-state index in [1.54, 1.807) is 0 Å². The first-order valence-corrected chi connectivity index (χ1v) is 7.63. The summed E-state index contributed by atoms with van der Waals surface area (Å²) in [5.74, 6) is 0. The molecule has 2 rings (SSSR count). The Bertz CT molecular complexity index is 503. The van der Waals surface area contributed by atoms with Crippen LogP contribution in [0.25, 0.3) is 6.08 Å². The Morgan fingerprint density at radius 1 is 1.24 bits per heavy atom. The Labute approximate surface area is 127 Å². The van der Waals surface area contributed by atoms with Crippen molar-refractivity contribution < 1.29 is 4.79 Å². The van der Waals surface area contributed by atoms with Gasteiger partial charge in [0.05, 0.1) is 0 Å². The molecule has 2 amide bonds. The van der Waals surface area contributed by atoms with Crippen LogP contribution in [0, 0.1) is 0 Å². The molecule has 0 aromatic heterocycles. The second-order valence-corrected chi connectivity index (χ2v) is 5.67. The summed E-state index contributed by atoms with van der Waals surface area (Å²) in [6.07, 6.45) is 4.16. The molecule has 114 valence electrons. The molecule has 21 heavy (non-hydrogen) atoms. The van der Waals surface area contributed by atoms with E-state index in [9.17, 15) is 4.79 Å². The molecule has 1 aromatic rings. The standard InChI is InChI=1S/C17H25N3O/c1-4-6-15-7-5-8-16(13-15)19-9-11-20(12-10-19)17(21)18-14(2)3/h4-8,13-14H,9-12H2,1-3H3,(H,18,21)/b6-4+. The van der Waals surface area contributed by atoms with Gasteiger partial charge in [0.2, 0.25) is 0 Å². The number of carbonyl (C=O) groups is 1. The molecule has 1 N–H and O–H groups in total. The van der Waals surface area contributed by atoms with E-state index >= 15 is 0 Å². The quantitative estimate of drug-likeness (QED) is 0.927. The van der Waals surface area contributed by atoms with Crippen LogP contribution in [0.1, 0.15) is 26.3 Å². The lowest BCUT2D eigenvalue weighted by molar-refractivity contribution is 0.192. The first-order chi connectivity index (χ1) is 10.1. The number of amides is 2. The van der Waals surface area contributed by atoms with E-state index in [4.69, 9.17) is 0 Å². The smallest absolute Gasteiger partial charge is 0.317 e. The second-order valence-electron chi connectivity index (χ2n) is 5.67. The summed E-state index contributed by atoms with van der Waals surface area (Å²) in [6, 6.07) is 8.76. The zero-order valence-corrected chi connectivity index (χ0v) is 13.2. The predicted molar refractivity (Wildman–Crippen MR) is 88.6 cm³/mol. The first-order valence-electron chi connectivity index (χ1n) is 7.63. The number of urea groups is 1. The molecular weight excluding hydrogens is 262 g/mol. The lowest BCUT2D eigenvalue weighted by Crippen LogP contribution is -2.52. The minimum atomic E-state index is 0.0484. The van der Waals surface area contributed by atoms with Crippen molar-refractivity contribution in [3.05, 3.63) is 35.9 Å². The summed E-state index contributed by atoms with van der Waals surface area (Å²) in [5, 5.41) is 2.95. The van der Waals surface area contributed by atoms with Gasteiger partial charge < -0.3 is 15.1 Å². The molecule has 4 heteroatoms. The Morgan fingerprint density at radius 3 is 2.57 bits per heavy atom. The fraction of sp³-hybridized carbons (Fsp3) is 0.471. The summed E-state index contributed by atoms with van der Waals surface area (Å²) in [4.78, 5) is 16.2. The predicted octanol–water partition coefficient (Wildman–Crippen LogP) is 2.96. The van der Waals surface area contributed by atoms with Gasteiger partial charge in [0.1, 0.15) is 0 Å². The highest BCUT2D eigenvalue weighted by molar-refractivity contribution is 5.74. The Kier molecular flexibility index (Phi) is 5.26. The fourth-order valence-electron chi connectivity index (χ4n) is 2.52. The van der Waals surface area contributed by atoms with Crippen LogP contribution in [0.3, 0.4) is 0 Å². The van der Waals surface area contributed by atoms with Crippen molar-refractivity contribution in [2.45, 2.75) is 26.8 Å². The molecule has 0 saturated carbocycles. The van der Waals surface area contributed by atoms with Gasteiger partial charge in [-0.1, -0.05) is 24.3 Å². The summed E-state index contributed by atoms with van der Waals surface area (Å²) in [7, 11) is 0. The highest BCUT2D eigenvalue weighted by atomic mass is 16.2. The molecule has 0 bridgehead atoms. The molecule has 1 fully saturated rings. The van der Waals surface area contributed by atoms with Crippen LogP contribution >= 0.6 is 0 Å². The van der Waals surface area contributed by atoms with Gasteiger partial charge in [0.15, 0.2) is 0 Å². The van der Waals surface area contributed by atoms with Gasteiger partial charge in [-0.3, -0.25) is 0 Å². The van der Waals surface area contributed by atoms with Crippen molar-refractivity contribution in [2.75, 3.05) is 31.1 Å². The topological polar surface area (TPSA) is 35.6 Å². The maximum absolute atomic E-state index is 12.0. The molecule has 1 heterocycles. The van der Waals surface area contributed by atoms with E-state index < -0.39 is 0 Å². The number of hydrogen-bond donors (Lipinski definition) is 1. The van der Waals surface area contributed by atoms with Crippen LogP contribution in [0.2, 0.25) is 0 Å². The lowest BCUT2D eigenvalue weighted by Gasteiger charge is -2.36. The SMILES string of the molecule is C/C=C/c1cccc(N2CCN(C(=O)NC(C)C)CC2)c1. The summed E-state index contributed by atoms with van der Waals surface area (Å²) >= 11 is 0. The van der Waals surface area contributed by atoms with Gasteiger partial charge in [-0.2, -0.15) is 0 Å². The molecule has 1 saturated heterocycles. The maximum atomic E-state index is 12.0. The highest BCUT2D eigenvalue weighted by Crippen LogP contribution is 2.19. The average molecular weight is 287 g/mol. The number of nitrogens with zero attached hydrogens (tertiary/aromatic N) is 2. The normalized spacial score (nSPS) is 15.8. The number of anilines is 1. The number of benzene rings is 1. The molecule has 0 spiro atoms. The van der Waals surface area contributed by atoms with E-state index in [1.807, 2.05) is 31.7 Å². The maximum Gasteiger partial charge on any atom is 0.317 e. The second kappa shape index (κ2) is 7.16. The number of allylic oxidation sites excluding steroid dienone is 1. The minimum Gasteiger partial charge on any atom is -0.368 e. The summed E-state index contributed by atoms with van der Waals surface area (Å²) in [6.45, 7) is 9.30. The van der Waals surface area contributed by atoms with Crippen molar-refractivity contribution in [2.24, 2.45) is 0 Å². The molecular formula is C17H25N3O. The van der Waals surface area contributed by atoms with E-state index in [2.05, 4.69) is 40.6 Å². The van der Waals surface area contributed by atoms with Gasteiger partial charge in [-0.25, -0.2) is 4.79 Å². The molecule has 1 aliphatic heterocycles. The molecule has 0 atom stereocenters. The van der Waals surface area contributed by atoms with Crippen molar-refractivity contribution in [1.82, 2.24) is 10.2 Å². The van der Waals surface area contributed by atoms with Gasteiger partial charge in [-0.05, 0) is 38.5 Å². The number of hydrogen-bond acceptors (Lipinski definition) is 2. The molecule has 1 aliphatic rings. The molecule has 0 unspecified atom stereocenters. The van der Waals surface area contributed by atoms with Gasteiger partial charge >= 0.3 is 6.03 Å². The Hall–Kier alpha value is -1.97. The monoisotopic (exact) mass is 287 g/mol. The van der Waals surface area contributed by atoms with E-state index in [1.165, 1.54) is 11.3 Å². The lowest BCUT2D eigenvalue weighted by atomic mass is 10.1. The summed E-state index contributed by atoms with van der Waals surface area (Å²) in [5.41, 5.74) is 2.45. The van der Waals surface area contributed by atoms with Crippen LogP contribution in [0.15, 0.2) is 30.3 Å². The molecule has 0 radical (unpaired) electrons. The number of rotatable bonds is 3. The van der Waals surface area contributed by atoms with Crippen LogP contribution in [0.4, 0.5) is 10.5 Å². The zero-order chi connectivity index (χ0) is 15.2. The van der Waals surface area contributed by atoms with Crippen LogP contribution in [0.5, 0.6) is 0 Å². The highest BCUT2D eigenvalue weighted by Gasteiger charge is 2.21. The Balaban J connectivity index is 1.94. The average Bonchev–Trinajstić information content (AvgIpc) is 2.47. The van der Waals surface area contributed by atoms with Gasteiger partial charge in [-0.15, -0.1) is 0 Å². The van der Waals surface area contributed by atoms with Gasteiger partial charge in [0.25, 0.3) is 0 Å². The van der Waals surface area contributed by atoms with Crippen LogP contribution < -0.4 is 10.2 Å². The van der Waals surface area contributed by atoms with Crippen molar-refractivity contribution in [1.29, 1.82) is 0 Å². The number of piperazine rings is 1. The third-order valence-corrected chi connectivity index (χ3v) is 3.57. The third-order valence-electron chi connectivity index (χ3n) is 3.57. The zero-order valence-electron chi connectivity index (χ0n) is 13.2. The van der Waals surface area contributed by atoms with Crippen molar-refractivity contribution in [3.63, 3.8) is 0 Å². The van der Waals surface area contributed by atoms with Crippen LogP contribution in [-0.4, -0.2) is 43.2 Å². The van der Waals surface area contributed by atoms with Gasteiger partial charge in [0, 0.05) is 37.9 Å². The van der Waals surface area contributed by atoms with E-state index in [0.29, 0.717) is 0 Å². The van der Waals surface area contributed by atoms with Crippen LogP contribution in [-0.2, 0) is 0 Å². The van der Waals surface area contributed by atoms with E-state index in [0.717, 1.165) is 26.2 Å².